The summed E-state index contributed by atoms with van der Waals surface area (Å²) >= 11 is 0. The van der Waals surface area contributed by atoms with Gasteiger partial charge in [0.2, 0.25) is 5.91 Å². The molecule has 0 bridgehead atoms. The van der Waals surface area contributed by atoms with E-state index in [1.165, 1.54) is 19.2 Å². The highest BCUT2D eigenvalue weighted by molar-refractivity contribution is 7.89. The van der Waals surface area contributed by atoms with Gasteiger partial charge in [0, 0.05) is 18.3 Å². The lowest BCUT2D eigenvalue weighted by molar-refractivity contribution is -0.126. The summed E-state index contributed by atoms with van der Waals surface area (Å²) in [4.78, 5) is 29.0. The Morgan fingerprint density at radius 2 is 1.24 bits per heavy atom. The van der Waals surface area contributed by atoms with E-state index in [1.807, 2.05) is 61.5 Å². The van der Waals surface area contributed by atoms with E-state index in [4.69, 9.17) is 0 Å². The molecular formula is C30H28N2O4S. The highest BCUT2D eigenvalue weighted by atomic mass is 32.2. The number of carbonyl (C=O) groups excluding carboxylic acids is 2. The number of anilines is 1. The summed E-state index contributed by atoms with van der Waals surface area (Å²) in [6.45, 7) is 1.86. The van der Waals surface area contributed by atoms with Gasteiger partial charge in [-0.1, -0.05) is 84.4 Å². The van der Waals surface area contributed by atoms with Gasteiger partial charge in [-0.2, -0.15) is 0 Å². The highest BCUT2D eigenvalue weighted by Gasteiger charge is 2.33. The summed E-state index contributed by atoms with van der Waals surface area (Å²) < 4.78 is 27.2. The van der Waals surface area contributed by atoms with Crippen molar-refractivity contribution in [2.24, 2.45) is 0 Å². The topological polar surface area (TPSA) is 74.8 Å². The third kappa shape index (κ3) is 5.78. The summed E-state index contributed by atoms with van der Waals surface area (Å²) in [5, 5.41) is 0. The fourth-order valence-electron chi connectivity index (χ4n) is 4.08. The Morgan fingerprint density at radius 1 is 0.730 bits per heavy atom. The molecule has 0 saturated heterocycles. The van der Waals surface area contributed by atoms with E-state index in [1.54, 1.807) is 53.4 Å². The number of sulfonamides is 1. The lowest BCUT2D eigenvalue weighted by atomic mass is 9.99. The van der Waals surface area contributed by atoms with Crippen LogP contribution in [0.5, 0.6) is 0 Å². The molecule has 2 amide bonds. The Kier molecular flexibility index (Phi) is 7.84. The average Bonchev–Trinajstić information content (AvgIpc) is 2.94. The second-order valence-electron chi connectivity index (χ2n) is 8.69. The zero-order chi connectivity index (χ0) is 26.4. The van der Waals surface area contributed by atoms with Crippen LogP contribution in [0.2, 0.25) is 0 Å². The fourth-order valence-corrected chi connectivity index (χ4v) is 5.22. The molecule has 0 heterocycles. The van der Waals surface area contributed by atoms with Crippen molar-refractivity contribution in [2.45, 2.75) is 24.3 Å². The lowest BCUT2D eigenvalue weighted by Crippen LogP contribution is -2.40. The standard InChI is InChI=1S/C30H28N2O4S/c1-23-18-20-27(21-19-23)37(35,36)31(2)29(33)22-28(24-12-6-3-7-13-24)32(26-16-10-5-11-17-26)30(34)25-14-8-4-9-15-25/h3-21,28H,22H2,1-2H3. The van der Waals surface area contributed by atoms with Crippen molar-refractivity contribution in [3.05, 3.63) is 132 Å². The van der Waals surface area contributed by atoms with Gasteiger partial charge in [0.25, 0.3) is 15.9 Å². The van der Waals surface area contributed by atoms with Crippen molar-refractivity contribution >= 4 is 27.5 Å². The number of rotatable bonds is 8. The maximum absolute atomic E-state index is 13.8. The molecule has 0 spiro atoms. The molecule has 4 aromatic rings. The van der Waals surface area contributed by atoms with Crippen molar-refractivity contribution < 1.29 is 18.0 Å². The van der Waals surface area contributed by atoms with Gasteiger partial charge in [-0.15, -0.1) is 0 Å². The van der Waals surface area contributed by atoms with Crippen LogP contribution in [-0.2, 0) is 14.8 Å². The number of hydrogen-bond acceptors (Lipinski definition) is 4. The molecule has 4 rings (SSSR count). The van der Waals surface area contributed by atoms with Crippen molar-refractivity contribution in [1.29, 1.82) is 0 Å². The minimum absolute atomic E-state index is 0.0329. The molecule has 0 saturated carbocycles. The van der Waals surface area contributed by atoms with Crippen LogP contribution >= 0.6 is 0 Å². The summed E-state index contributed by atoms with van der Waals surface area (Å²) in [7, 11) is -2.81. The van der Waals surface area contributed by atoms with Crippen LogP contribution in [0.15, 0.2) is 120 Å². The van der Waals surface area contributed by atoms with Crippen molar-refractivity contribution in [2.75, 3.05) is 11.9 Å². The van der Waals surface area contributed by atoms with Gasteiger partial charge in [-0.25, -0.2) is 12.7 Å². The van der Waals surface area contributed by atoms with Crippen LogP contribution in [0.4, 0.5) is 5.69 Å². The molecule has 0 aliphatic rings. The predicted octanol–water partition coefficient (Wildman–Crippen LogP) is 5.62. The van der Waals surface area contributed by atoms with Crippen LogP contribution in [0.1, 0.15) is 33.9 Å². The Labute approximate surface area is 217 Å². The third-order valence-corrected chi connectivity index (χ3v) is 7.96. The van der Waals surface area contributed by atoms with Gasteiger partial charge in [0.05, 0.1) is 17.4 Å². The van der Waals surface area contributed by atoms with Crippen LogP contribution in [0.25, 0.3) is 0 Å². The first-order valence-electron chi connectivity index (χ1n) is 11.9. The molecule has 37 heavy (non-hydrogen) atoms. The van der Waals surface area contributed by atoms with Crippen LogP contribution in [0, 0.1) is 6.92 Å². The van der Waals surface area contributed by atoms with Gasteiger partial charge in [0.15, 0.2) is 0 Å². The Hall–Kier alpha value is -4.23. The van der Waals surface area contributed by atoms with Crippen LogP contribution in [0.3, 0.4) is 0 Å². The van der Waals surface area contributed by atoms with Gasteiger partial charge in [-0.05, 0) is 48.9 Å². The van der Waals surface area contributed by atoms with E-state index in [0.717, 1.165) is 9.87 Å². The average molecular weight is 513 g/mol. The molecule has 0 aliphatic heterocycles. The van der Waals surface area contributed by atoms with Gasteiger partial charge >= 0.3 is 0 Å². The maximum Gasteiger partial charge on any atom is 0.266 e. The molecule has 188 valence electrons. The van der Waals surface area contributed by atoms with Crippen molar-refractivity contribution in [3.63, 3.8) is 0 Å². The first-order chi connectivity index (χ1) is 17.8. The first-order valence-corrected chi connectivity index (χ1v) is 13.3. The number of hydrogen-bond donors (Lipinski definition) is 0. The summed E-state index contributed by atoms with van der Waals surface area (Å²) in [5.41, 5.74) is 2.68. The maximum atomic E-state index is 13.8. The van der Waals surface area contributed by atoms with E-state index in [2.05, 4.69) is 0 Å². The van der Waals surface area contributed by atoms with E-state index in [0.29, 0.717) is 16.8 Å². The molecule has 7 heteroatoms. The minimum Gasteiger partial charge on any atom is -0.300 e. The zero-order valence-corrected chi connectivity index (χ0v) is 21.5. The molecule has 0 N–H and O–H groups in total. The minimum atomic E-state index is -4.07. The summed E-state index contributed by atoms with van der Waals surface area (Å²) in [6, 6.07) is 32.7. The molecule has 1 atom stereocenters. The second-order valence-corrected chi connectivity index (χ2v) is 10.7. The molecule has 0 radical (unpaired) electrons. The lowest BCUT2D eigenvalue weighted by Gasteiger charge is -2.33. The Bertz CT molecular complexity index is 1460. The van der Waals surface area contributed by atoms with Gasteiger partial charge in [0.1, 0.15) is 0 Å². The van der Waals surface area contributed by atoms with Crippen molar-refractivity contribution in [1.82, 2.24) is 4.31 Å². The molecule has 4 aromatic carbocycles. The Balaban J connectivity index is 1.75. The predicted molar refractivity (Wildman–Crippen MR) is 145 cm³/mol. The summed E-state index contributed by atoms with van der Waals surface area (Å²) in [6.07, 6.45) is -0.237. The molecule has 6 nitrogen and oxygen atoms in total. The second kappa shape index (κ2) is 11.2. The zero-order valence-electron chi connectivity index (χ0n) is 20.7. The van der Waals surface area contributed by atoms with E-state index in [-0.39, 0.29) is 17.2 Å². The van der Waals surface area contributed by atoms with E-state index >= 15 is 0 Å². The van der Waals surface area contributed by atoms with E-state index < -0.39 is 22.0 Å². The third-order valence-electron chi connectivity index (χ3n) is 6.17. The number of para-hydroxylation sites is 1. The fraction of sp³-hybridized carbons (Fsp3) is 0.133. The number of carbonyl (C=O) groups is 2. The van der Waals surface area contributed by atoms with Gasteiger partial charge < -0.3 is 4.90 Å². The molecule has 0 aliphatic carbocycles. The number of benzene rings is 4. The molecule has 1 unspecified atom stereocenters. The van der Waals surface area contributed by atoms with Crippen LogP contribution < -0.4 is 4.90 Å². The first kappa shape index (κ1) is 25.9. The van der Waals surface area contributed by atoms with Gasteiger partial charge in [-0.3, -0.25) is 9.59 Å². The normalized spacial score (nSPS) is 11.9. The van der Waals surface area contributed by atoms with E-state index in [9.17, 15) is 18.0 Å². The number of aryl methyl sites for hydroxylation is 1. The smallest absolute Gasteiger partial charge is 0.266 e. The molecule has 0 aromatic heterocycles. The largest absolute Gasteiger partial charge is 0.300 e. The number of nitrogens with zero attached hydrogens (tertiary/aromatic N) is 2. The molecular weight excluding hydrogens is 484 g/mol. The monoisotopic (exact) mass is 512 g/mol. The summed E-state index contributed by atoms with van der Waals surface area (Å²) in [5.74, 6) is -0.922. The highest BCUT2D eigenvalue weighted by Crippen LogP contribution is 2.33. The van der Waals surface area contributed by atoms with Crippen molar-refractivity contribution in [3.8, 4) is 0 Å². The number of amides is 2. The van der Waals surface area contributed by atoms with Crippen LogP contribution in [-0.4, -0.2) is 31.6 Å². The Morgan fingerprint density at radius 3 is 1.81 bits per heavy atom. The quantitative estimate of drug-likeness (QED) is 0.307. The molecule has 0 fully saturated rings. The SMILES string of the molecule is Cc1ccc(S(=O)(=O)N(C)C(=O)CC(c2ccccc2)N(C(=O)c2ccccc2)c2ccccc2)cc1.